The molecule has 0 saturated carbocycles. The SMILES string of the molecule is N#Cc1cc2c(-c3ccccc3-c3cc(-c4ccccc4)nc(-c4ccccc4)n3)nc3ccccc3c2c2nc(-c3ccccc3)c(-c3ccccc3)nc12. The maximum absolute atomic E-state index is 10.8. The quantitative estimate of drug-likeness (QED) is 0.159. The Morgan fingerprint density at radius 1 is 0.375 bits per heavy atom. The van der Waals surface area contributed by atoms with Crippen LogP contribution in [0.1, 0.15) is 5.56 Å². The number of aromatic nitrogens is 5. The molecule has 0 radical (unpaired) electrons. The zero-order valence-electron chi connectivity index (χ0n) is 30.0. The van der Waals surface area contributed by atoms with Crippen LogP contribution in [0.2, 0.25) is 0 Å². The Morgan fingerprint density at radius 3 is 1.54 bits per heavy atom. The molecule has 10 aromatic rings. The summed E-state index contributed by atoms with van der Waals surface area (Å²) in [6, 6.07) is 63.1. The highest BCUT2D eigenvalue weighted by atomic mass is 14.9. The molecule has 6 nitrogen and oxygen atoms in total. The molecule has 0 atom stereocenters. The molecule has 0 aliphatic rings. The van der Waals surface area contributed by atoms with Crippen molar-refractivity contribution >= 4 is 32.7 Å². The molecule has 0 saturated heterocycles. The molecule has 3 aromatic heterocycles. The molecule has 3 heterocycles. The number of para-hydroxylation sites is 1. The lowest BCUT2D eigenvalue weighted by atomic mass is 9.93. The van der Waals surface area contributed by atoms with E-state index in [1.165, 1.54) is 0 Å². The van der Waals surface area contributed by atoms with Crippen LogP contribution in [0.25, 0.3) is 100 Å². The number of nitrogens with zero attached hydrogens (tertiary/aromatic N) is 6. The van der Waals surface area contributed by atoms with Crippen LogP contribution in [0.5, 0.6) is 0 Å². The van der Waals surface area contributed by atoms with Crippen LogP contribution < -0.4 is 0 Å². The molecule has 56 heavy (non-hydrogen) atoms. The largest absolute Gasteiger partial charge is 0.247 e. The van der Waals surface area contributed by atoms with E-state index in [-0.39, 0.29) is 0 Å². The van der Waals surface area contributed by atoms with Crippen molar-refractivity contribution in [3.63, 3.8) is 0 Å². The van der Waals surface area contributed by atoms with Gasteiger partial charge in [-0.25, -0.2) is 24.9 Å². The van der Waals surface area contributed by atoms with Gasteiger partial charge in [-0.1, -0.05) is 164 Å². The molecule has 260 valence electrons. The molecule has 0 fully saturated rings. The third kappa shape index (κ3) is 5.72. The van der Waals surface area contributed by atoms with E-state index in [4.69, 9.17) is 24.9 Å². The first-order chi connectivity index (χ1) is 27.7. The number of hydrogen-bond acceptors (Lipinski definition) is 6. The van der Waals surface area contributed by atoms with Crippen molar-refractivity contribution < 1.29 is 0 Å². The number of nitriles is 1. The normalized spacial score (nSPS) is 11.2. The average Bonchev–Trinajstić information content (AvgIpc) is 3.29. The first-order valence-electron chi connectivity index (χ1n) is 18.4. The molecule has 7 aromatic carbocycles. The molecule has 0 bridgehead atoms. The zero-order chi connectivity index (χ0) is 37.4. The van der Waals surface area contributed by atoms with Gasteiger partial charge in [-0.2, -0.15) is 5.26 Å². The first kappa shape index (κ1) is 32.7. The highest BCUT2D eigenvalue weighted by Crippen LogP contribution is 2.42. The van der Waals surface area contributed by atoms with Gasteiger partial charge in [0, 0.05) is 49.5 Å². The molecular formula is C50H30N6. The molecule has 0 amide bonds. The Labute approximate surface area is 323 Å². The predicted molar refractivity (Wildman–Crippen MR) is 225 cm³/mol. The summed E-state index contributed by atoms with van der Waals surface area (Å²) in [7, 11) is 0. The van der Waals surface area contributed by atoms with Crippen LogP contribution in [0.15, 0.2) is 182 Å². The summed E-state index contributed by atoms with van der Waals surface area (Å²) >= 11 is 0. The van der Waals surface area contributed by atoms with Gasteiger partial charge in [0.25, 0.3) is 0 Å². The first-order valence-corrected chi connectivity index (χ1v) is 18.4. The van der Waals surface area contributed by atoms with Gasteiger partial charge in [0.1, 0.15) is 11.6 Å². The molecular weight excluding hydrogens is 685 g/mol. The minimum absolute atomic E-state index is 0.423. The Morgan fingerprint density at radius 2 is 0.893 bits per heavy atom. The summed E-state index contributed by atoms with van der Waals surface area (Å²) in [4.78, 5) is 26.3. The minimum Gasteiger partial charge on any atom is -0.247 e. The second-order valence-corrected chi connectivity index (χ2v) is 13.5. The van der Waals surface area contributed by atoms with Crippen molar-refractivity contribution in [3.8, 4) is 73.7 Å². The predicted octanol–water partition coefficient (Wildman–Crippen LogP) is 12.0. The lowest BCUT2D eigenvalue weighted by Gasteiger charge is -2.17. The fourth-order valence-corrected chi connectivity index (χ4v) is 7.49. The molecule has 0 spiro atoms. The molecule has 0 unspecified atom stereocenters. The molecule has 10 rings (SSSR count). The molecule has 0 N–H and O–H groups in total. The van der Waals surface area contributed by atoms with E-state index < -0.39 is 0 Å². The van der Waals surface area contributed by atoms with Crippen LogP contribution >= 0.6 is 0 Å². The maximum atomic E-state index is 10.8. The van der Waals surface area contributed by atoms with Crippen LogP contribution in [0.4, 0.5) is 0 Å². The summed E-state index contributed by atoms with van der Waals surface area (Å²) in [5.41, 5.74) is 11.7. The van der Waals surface area contributed by atoms with E-state index in [1.54, 1.807) is 0 Å². The topological polar surface area (TPSA) is 88.2 Å². The fraction of sp³-hybridized carbons (Fsp3) is 0. The maximum Gasteiger partial charge on any atom is 0.160 e. The number of rotatable bonds is 6. The smallest absolute Gasteiger partial charge is 0.160 e. The lowest BCUT2D eigenvalue weighted by Crippen LogP contribution is -2.01. The van der Waals surface area contributed by atoms with E-state index in [1.807, 2.05) is 140 Å². The van der Waals surface area contributed by atoms with Gasteiger partial charge < -0.3 is 0 Å². The van der Waals surface area contributed by atoms with Crippen molar-refractivity contribution in [2.75, 3.05) is 0 Å². The summed E-state index contributed by atoms with van der Waals surface area (Å²) in [6.07, 6.45) is 0. The second-order valence-electron chi connectivity index (χ2n) is 13.5. The fourth-order valence-electron chi connectivity index (χ4n) is 7.49. The third-order valence-corrected chi connectivity index (χ3v) is 10.1. The number of hydrogen-bond donors (Lipinski definition) is 0. The van der Waals surface area contributed by atoms with Gasteiger partial charge in [-0.05, 0) is 18.2 Å². The average molecular weight is 715 g/mol. The Kier molecular flexibility index (Phi) is 8.09. The van der Waals surface area contributed by atoms with Gasteiger partial charge >= 0.3 is 0 Å². The van der Waals surface area contributed by atoms with Gasteiger partial charge in [0.2, 0.25) is 0 Å². The minimum atomic E-state index is 0.423. The Bertz CT molecular complexity index is 3070. The second kappa shape index (κ2) is 13.8. The highest BCUT2D eigenvalue weighted by Gasteiger charge is 2.23. The van der Waals surface area contributed by atoms with Crippen molar-refractivity contribution in [2.24, 2.45) is 0 Å². The van der Waals surface area contributed by atoms with E-state index in [9.17, 15) is 5.26 Å². The van der Waals surface area contributed by atoms with E-state index in [0.29, 0.717) is 22.4 Å². The van der Waals surface area contributed by atoms with E-state index >= 15 is 0 Å². The van der Waals surface area contributed by atoms with Crippen molar-refractivity contribution in [1.29, 1.82) is 5.26 Å². The van der Waals surface area contributed by atoms with Gasteiger partial charge in [-0.3, -0.25) is 0 Å². The van der Waals surface area contributed by atoms with Crippen LogP contribution in [0.3, 0.4) is 0 Å². The monoisotopic (exact) mass is 714 g/mol. The Hall–Kier alpha value is -7.88. The van der Waals surface area contributed by atoms with Crippen molar-refractivity contribution in [1.82, 2.24) is 24.9 Å². The highest BCUT2D eigenvalue weighted by molar-refractivity contribution is 6.22. The lowest BCUT2D eigenvalue weighted by molar-refractivity contribution is 1.18. The van der Waals surface area contributed by atoms with Gasteiger partial charge in [0.05, 0.1) is 45.1 Å². The van der Waals surface area contributed by atoms with Crippen molar-refractivity contribution in [2.45, 2.75) is 0 Å². The number of fused-ring (bicyclic) bond motifs is 5. The molecule has 0 aliphatic carbocycles. The van der Waals surface area contributed by atoms with Gasteiger partial charge in [0.15, 0.2) is 5.82 Å². The van der Waals surface area contributed by atoms with Crippen LogP contribution in [-0.4, -0.2) is 24.9 Å². The molecule has 6 heteroatoms. The number of pyridine rings is 1. The summed E-state index contributed by atoms with van der Waals surface area (Å²) in [6.45, 7) is 0. The number of benzene rings is 7. The third-order valence-electron chi connectivity index (χ3n) is 10.1. The zero-order valence-corrected chi connectivity index (χ0v) is 30.0. The van der Waals surface area contributed by atoms with E-state index in [2.05, 4.69) is 48.5 Å². The van der Waals surface area contributed by atoms with Crippen molar-refractivity contribution in [3.05, 3.63) is 188 Å². The van der Waals surface area contributed by atoms with Crippen LogP contribution in [0, 0.1) is 11.3 Å². The summed E-state index contributed by atoms with van der Waals surface area (Å²) in [5, 5.41) is 13.4. The van der Waals surface area contributed by atoms with E-state index in [0.717, 1.165) is 83.5 Å². The van der Waals surface area contributed by atoms with Crippen LogP contribution in [-0.2, 0) is 0 Å². The Balaban J connectivity index is 1.29. The van der Waals surface area contributed by atoms with Gasteiger partial charge in [-0.15, -0.1) is 0 Å². The summed E-state index contributed by atoms with van der Waals surface area (Å²) in [5.74, 6) is 0.629. The standard InChI is InChI=1S/C50H30N6/c51-31-36-29-40-44(49-47(36)55-45(33-19-7-2-8-20-33)46(56-49)34-21-9-3-10-22-34)39-27-15-16-28-41(39)52-48(40)38-26-14-13-25-37(38)43-30-42(32-17-5-1-6-18-32)53-50(54-43)35-23-11-4-12-24-35/h1-30H. The summed E-state index contributed by atoms with van der Waals surface area (Å²) < 4.78 is 0. The molecule has 0 aliphatic heterocycles.